The molecule has 4 rings (SSSR count). The number of ether oxygens (including phenoxy) is 1. The maximum Gasteiger partial charge on any atom is 0.261 e. The summed E-state index contributed by atoms with van der Waals surface area (Å²) in [6.07, 6.45) is 0. The Labute approximate surface area is 140 Å². The Balaban J connectivity index is 1.68. The first-order chi connectivity index (χ1) is 11.5. The van der Waals surface area contributed by atoms with Gasteiger partial charge in [0.1, 0.15) is 12.4 Å². The summed E-state index contributed by atoms with van der Waals surface area (Å²) in [5.41, 5.74) is 3.27. The first-order valence-corrected chi connectivity index (χ1v) is 9.18. The van der Waals surface area contributed by atoms with E-state index in [0.717, 1.165) is 29.0 Å². The third-order valence-corrected chi connectivity index (χ3v) is 5.50. The van der Waals surface area contributed by atoms with Crippen molar-refractivity contribution < 1.29 is 13.2 Å². The van der Waals surface area contributed by atoms with Gasteiger partial charge in [0, 0.05) is 6.54 Å². The molecule has 0 spiro atoms. The molecule has 1 aliphatic rings. The number of imidazole rings is 1. The molecule has 2 aromatic carbocycles. The van der Waals surface area contributed by atoms with Crippen molar-refractivity contribution in [3.8, 4) is 0 Å². The van der Waals surface area contributed by atoms with E-state index in [2.05, 4.69) is 14.3 Å². The zero-order valence-electron chi connectivity index (χ0n) is 13.2. The largest absolute Gasteiger partial charge is 0.372 e. The van der Waals surface area contributed by atoms with Gasteiger partial charge in [0.25, 0.3) is 10.0 Å². The third-order valence-electron chi connectivity index (χ3n) is 4.10. The van der Waals surface area contributed by atoms with Crippen LogP contribution >= 0.6 is 0 Å². The van der Waals surface area contributed by atoms with E-state index < -0.39 is 10.0 Å². The molecule has 1 aromatic heterocycles. The Morgan fingerprint density at radius 2 is 1.96 bits per heavy atom. The van der Waals surface area contributed by atoms with Gasteiger partial charge in [0.2, 0.25) is 0 Å². The minimum absolute atomic E-state index is 0.241. The lowest BCUT2D eigenvalue weighted by Gasteiger charge is -2.14. The smallest absolute Gasteiger partial charge is 0.261 e. The fourth-order valence-electron chi connectivity index (χ4n) is 2.85. The highest BCUT2D eigenvalue weighted by molar-refractivity contribution is 7.92. The predicted molar refractivity (Wildman–Crippen MR) is 91.4 cm³/mol. The molecule has 24 heavy (non-hydrogen) atoms. The topological polar surface area (TPSA) is 73.2 Å². The molecule has 0 bridgehead atoms. The summed E-state index contributed by atoms with van der Waals surface area (Å²) in [6, 6.07) is 12.2. The predicted octanol–water partition coefficient (Wildman–Crippen LogP) is 2.68. The normalized spacial score (nSPS) is 14.5. The number of anilines is 1. The number of benzene rings is 2. The number of hydrogen-bond donors (Lipinski definition) is 1. The van der Waals surface area contributed by atoms with Crippen molar-refractivity contribution in [2.75, 3.05) is 11.3 Å². The van der Waals surface area contributed by atoms with Gasteiger partial charge in [-0.05, 0) is 37.3 Å². The molecular weight excluding hydrogens is 326 g/mol. The van der Waals surface area contributed by atoms with Crippen LogP contribution in [0.1, 0.15) is 11.4 Å². The number of hydrogen-bond acceptors (Lipinski definition) is 4. The lowest BCUT2D eigenvalue weighted by atomic mass is 10.2. The third kappa shape index (κ3) is 2.65. The molecule has 0 unspecified atom stereocenters. The van der Waals surface area contributed by atoms with Crippen LogP contribution in [-0.2, 0) is 27.9 Å². The van der Waals surface area contributed by atoms with Crippen LogP contribution in [-0.4, -0.2) is 24.6 Å². The second-order valence-electron chi connectivity index (χ2n) is 5.85. The van der Waals surface area contributed by atoms with Crippen molar-refractivity contribution in [2.24, 2.45) is 0 Å². The highest BCUT2D eigenvalue weighted by atomic mass is 32.2. The van der Waals surface area contributed by atoms with E-state index in [4.69, 9.17) is 4.74 Å². The van der Waals surface area contributed by atoms with Crippen LogP contribution < -0.4 is 4.72 Å². The number of nitrogens with zero attached hydrogens (tertiary/aromatic N) is 2. The van der Waals surface area contributed by atoms with E-state index in [1.165, 1.54) is 0 Å². The van der Waals surface area contributed by atoms with Crippen molar-refractivity contribution >= 4 is 26.7 Å². The Morgan fingerprint density at radius 3 is 2.75 bits per heavy atom. The van der Waals surface area contributed by atoms with Crippen molar-refractivity contribution in [3.05, 3.63) is 53.9 Å². The monoisotopic (exact) mass is 343 g/mol. The average Bonchev–Trinajstić information content (AvgIpc) is 2.92. The van der Waals surface area contributed by atoms with Crippen LogP contribution in [0, 0.1) is 6.92 Å². The molecule has 0 saturated carbocycles. The molecule has 0 aliphatic carbocycles. The van der Waals surface area contributed by atoms with Crippen LogP contribution in [0.3, 0.4) is 0 Å². The lowest BCUT2D eigenvalue weighted by molar-refractivity contribution is 0.0830. The van der Waals surface area contributed by atoms with Crippen LogP contribution in [0.15, 0.2) is 47.4 Å². The maximum atomic E-state index is 12.5. The van der Waals surface area contributed by atoms with Gasteiger partial charge in [-0.1, -0.05) is 17.7 Å². The zero-order chi connectivity index (χ0) is 16.7. The van der Waals surface area contributed by atoms with Crippen LogP contribution in [0.4, 0.5) is 5.69 Å². The van der Waals surface area contributed by atoms with Crippen LogP contribution in [0.2, 0.25) is 0 Å². The first kappa shape index (κ1) is 15.2. The number of rotatable bonds is 3. The van der Waals surface area contributed by atoms with E-state index in [-0.39, 0.29) is 4.90 Å². The van der Waals surface area contributed by atoms with E-state index in [1.807, 2.05) is 13.0 Å². The summed E-state index contributed by atoms with van der Waals surface area (Å²) in [6.45, 7) is 3.83. The minimum atomic E-state index is -3.61. The van der Waals surface area contributed by atoms with Gasteiger partial charge >= 0.3 is 0 Å². The fourth-order valence-corrected chi connectivity index (χ4v) is 3.90. The van der Waals surface area contributed by atoms with E-state index in [0.29, 0.717) is 18.9 Å². The van der Waals surface area contributed by atoms with Gasteiger partial charge in [0.05, 0.1) is 28.2 Å². The quantitative estimate of drug-likeness (QED) is 0.793. The highest BCUT2D eigenvalue weighted by Gasteiger charge is 2.17. The summed E-state index contributed by atoms with van der Waals surface area (Å²) >= 11 is 0. The number of nitrogens with one attached hydrogen (secondary N) is 1. The Morgan fingerprint density at radius 1 is 1.17 bits per heavy atom. The Bertz CT molecular complexity index is 1010. The standard InChI is InChI=1S/C17H17N3O3S/c1-12-2-5-14(6-3-12)24(21,22)19-13-4-7-16-15(10-13)18-17-11-23-9-8-20(16)17/h2-7,10,19H,8-9,11H2,1H3. The summed E-state index contributed by atoms with van der Waals surface area (Å²) in [5.74, 6) is 0.870. The Hall–Kier alpha value is -2.38. The summed E-state index contributed by atoms with van der Waals surface area (Å²) in [7, 11) is -3.61. The molecule has 0 amide bonds. The molecule has 0 atom stereocenters. The van der Waals surface area contributed by atoms with Gasteiger partial charge in [-0.15, -0.1) is 0 Å². The fraction of sp³-hybridized carbons (Fsp3) is 0.235. The van der Waals surface area contributed by atoms with Gasteiger partial charge < -0.3 is 9.30 Å². The summed E-state index contributed by atoms with van der Waals surface area (Å²) in [5, 5.41) is 0. The van der Waals surface area contributed by atoms with Crippen molar-refractivity contribution in [1.82, 2.24) is 9.55 Å². The van der Waals surface area contributed by atoms with Gasteiger partial charge in [-0.2, -0.15) is 0 Å². The maximum absolute atomic E-state index is 12.5. The van der Waals surface area contributed by atoms with Gasteiger partial charge in [-0.3, -0.25) is 4.72 Å². The van der Waals surface area contributed by atoms with Gasteiger partial charge in [-0.25, -0.2) is 13.4 Å². The highest BCUT2D eigenvalue weighted by Crippen LogP contribution is 2.24. The second-order valence-corrected chi connectivity index (χ2v) is 7.54. The summed E-state index contributed by atoms with van der Waals surface area (Å²) in [4.78, 5) is 4.77. The van der Waals surface area contributed by atoms with Crippen molar-refractivity contribution in [3.63, 3.8) is 0 Å². The van der Waals surface area contributed by atoms with Crippen LogP contribution in [0.25, 0.3) is 11.0 Å². The summed E-state index contributed by atoms with van der Waals surface area (Å²) < 4.78 is 35.1. The molecule has 0 saturated heterocycles. The molecule has 3 aromatic rings. The van der Waals surface area contributed by atoms with E-state index in [9.17, 15) is 8.42 Å². The first-order valence-electron chi connectivity index (χ1n) is 7.69. The van der Waals surface area contributed by atoms with Crippen molar-refractivity contribution in [2.45, 2.75) is 25.0 Å². The molecule has 1 aliphatic heterocycles. The molecular formula is C17H17N3O3S. The molecule has 2 heterocycles. The molecule has 0 radical (unpaired) electrons. The second kappa shape index (κ2) is 5.61. The zero-order valence-corrected chi connectivity index (χ0v) is 14.0. The van der Waals surface area contributed by atoms with E-state index in [1.54, 1.807) is 36.4 Å². The average molecular weight is 343 g/mol. The Kier molecular flexibility index (Phi) is 3.54. The number of aromatic nitrogens is 2. The molecule has 6 nitrogen and oxygen atoms in total. The van der Waals surface area contributed by atoms with Crippen LogP contribution in [0.5, 0.6) is 0 Å². The van der Waals surface area contributed by atoms with E-state index >= 15 is 0 Å². The van der Waals surface area contributed by atoms with Gasteiger partial charge in [0.15, 0.2) is 0 Å². The lowest BCUT2D eigenvalue weighted by Crippen LogP contribution is -2.16. The minimum Gasteiger partial charge on any atom is -0.372 e. The molecule has 0 fully saturated rings. The van der Waals surface area contributed by atoms with Crippen molar-refractivity contribution in [1.29, 1.82) is 0 Å². The number of fused-ring (bicyclic) bond motifs is 3. The molecule has 7 heteroatoms. The molecule has 124 valence electrons. The SMILES string of the molecule is Cc1ccc(S(=O)(=O)Nc2ccc3c(c2)nc2n3CCOC2)cc1. The number of aryl methyl sites for hydroxylation is 1. The number of sulfonamides is 1. The molecule has 1 N–H and O–H groups in total.